The van der Waals surface area contributed by atoms with Gasteiger partial charge in [-0.05, 0) is 25.1 Å². The van der Waals surface area contributed by atoms with Crippen LogP contribution in [0.25, 0.3) is 0 Å². The van der Waals surface area contributed by atoms with Crippen molar-refractivity contribution in [1.29, 1.82) is 0 Å². The summed E-state index contributed by atoms with van der Waals surface area (Å²) in [6.45, 7) is 2.88. The molecule has 132 valence electrons. The quantitative estimate of drug-likeness (QED) is 0.561. The van der Waals surface area contributed by atoms with Gasteiger partial charge in [-0.3, -0.25) is 14.9 Å². The summed E-state index contributed by atoms with van der Waals surface area (Å²) in [6.07, 6.45) is 0. The lowest BCUT2D eigenvalue weighted by atomic mass is 10.2. The summed E-state index contributed by atoms with van der Waals surface area (Å²) in [5.41, 5.74) is 0.0887. The summed E-state index contributed by atoms with van der Waals surface area (Å²) >= 11 is 0. The van der Waals surface area contributed by atoms with Crippen molar-refractivity contribution in [2.75, 3.05) is 25.5 Å². The largest absolute Gasteiger partial charge is 0.488 e. The first-order chi connectivity index (χ1) is 12.0. The highest BCUT2D eigenvalue weighted by Crippen LogP contribution is 2.23. The van der Waals surface area contributed by atoms with Crippen LogP contribution in [0.5, 0.6) is 5.75 Å². The molecule has 0 fully saturated rings. The standard InChI is InChI=1S/C18H21N3O4/c1-14(20(2)12-13-25-15-8-4-3-5-9-15)18(22)19-16-10-6-7-11-17(16)21(23)24/h3-11,14H,12-13H2,1-2H3,(H,19,22)/p+1/t14-/m0/s1. The molecular weight excluding hydrogens is 322 g/mol. The van der Waals surface area contributed by atoms with Gasteiger partial charge in [-0.1, -0.05) is 30.3 Å². The highest BCUT2D eigenvalue weighted by atomic mass is 16.6. The van der Waals surface area contributed by atoms with Crippen LogP contribution in [0.1, 0.15) is 6.92 Å². The molecule has 0 radical (unpaired) electrons. The van der Waals surface area contributed by atoms with Crippen molar-refractivity contribution < 1.29 is 19.4 Å². The molecule has 0 spiro atoms. The Labute approximate surface area is 146 Å². The molecule has 25 heavy (non-hydrogen) atoms. The zero-order valence-electron chi connectivity index (χ0n) is 14.3. The van der Waals surface area contributed by atoms with Crippen LogP contribution in [0.15, 0.2) is 54.6 Å². The number of hydrogen-bond acceptors (Lipinski definition) is 4. The number of benzene rings is 2. The van der Waals surface area contributed by atoms with Crippen LogP contribution >= 0.6 is 0 Å². The van der Waals surface area contributed by atoms with Crippen molar-refractivity contribution in [2.24, 2.45) is 0 Å². The van der Waals surface area contributed by atoms with Gasteiger partial charge in [0.1, 0.15) is 24.6 Å². The summed E-state index contributed by atoms with van der Waals surface area (Å²) < 4.78 is 5.63. The highest BCUT2D eigenvalue weighted by molar-refractivity contribution is 5.95. The fraction of sp³-hybridized carbons (Fsp3) is 0.278. The van der Waals surface area contributed by atoms with Crippen molar-refractivity contribution in [3.63, 3.8) is 0 Å². The van der Waals surface area contributed by atoms with Crippen molar-refractivity contribution in [3.05, 3.63) is 64.7 Å². The predicted molar refractivity (Wildman–Crippen MR) is 94.9 cm³/mol. The van der Waals surface area contributed by atoms with Crippen LogP contribution in [0.4, 0.5) is 11.4 Å². The van der Waals surface area contributed by atoms with Gasteiger partial charge in [-0.25, -0.2) is 0 Å². The third kappa shape index (κ3) is 5.29. The van der Waals surface area contributed by atoms with Crippen LogP contribution in [-0.4, -0.2) is 37.1 Å². The Morgan fingerprint density at radius 1 is 1.20 bits per heavy atom. The fourth-order valence-corrected chi connectivity index (χ4v) is 2.27. The van der Waals surface area contributed by atoms with E-state index in [1.165, 1.54) is 12.1 Å². The van der Waals surface area contributed by atoms with Crippen molar-refractivity contribution in [1.82, 2.24) is 0 Å². The second-order valence-corrected chi connectivity index (χ2v) is 5.74. The lowest BCUT2D eigenvalue weighted by molar-refractivity contribution is -0.894. The van der Waals surface area contributed by atoms with E-state index < -0.39 is 4.92 Å². The molecule has 0 aliphatic rings. The van der Waals surface area contributed by atoms with E-state index in [9.17, 15) is 14.9 Å². The second-order valence-electron chi connectivity index (χ2n) is 5.74. The lowest BCUT2D eigenvalue weighted by Gasteiger charge is -2.21. The first-order valence-electron chi connectivity index (χ1n) is 8.03. The predicted octanol–water partition coefficient (Wildman–Crippen LogP) is 1.52. The Morgan fingerprint density at radius 3 is 2.52 bits per heavy atom. The molecular formula is C18H22N3O4+. The van der Waals surface area contributed by atoms with Crippen molar-refractivity contribution in [2.45, 2.75) is 13.0 Å². The van der Waals surface area contributed by atoms with E-state index in [4.69, 9.17) is 4.74 Å². The van der Waals surface area contributed by atoms with Crippen molar-refractivity contribution in [3.8, 4) is 5.75 Å². The number of quaternary nitrogens is 1. The van der Waals surface area contributed by atoms with E-state index >= 15 is 0 Å². The molecule has 0 aromatic heterocycles. The van der Waals surface area contributed by atoms with Gasteiger partial charge >= 0.3 is 0 Å². The van der Waals surface area contributed by atoms with Crippen LogP contribution < -0.4 is 15.0 Å². The Morgan fingerprint density at radius 2 is 1.84 bits per heavy atom. The molecule has 2 aromatic rings. The van der Waals surface area contributed by atoms with E-state index in [2.05, 4.69) is 5.32 Å². The maximum atomic E-state index is 12.4. The molecule has 0 saturated heterocycles. The number of para-hydroxylation sites is 3. The Balaban J connectivity index is 1.87. The number of amides is 1. The van der Waals surface area contributed by atoms with Crippen LogP contribution in [0.2, 0.25) is 0 Å². The van der Waals surface area contributed by atoms with Crippen LogP contribution in [0.3, 0.4) is 0 Å². The first-order valence-corrected chi connectivity index (χ1v) is 8.03. The smallest absolute Gasteiger partial charge is 0.292 e. The van der Waals surface area contributed by atoms with Gasteiger partial charge < -0.3 is 15.0 Å². The molecule has 0 saturated carbocycles. The number of rotatable bonds is 8. The van der Waals surface area contributed by atoms with Gasteiger partial charge in [0.15, 0.2) is 6.04 Å². The maximum Gasteiger partial charge on any atom is 0.292 e. The Kier molecular flexibility index (Phi) is 6.47. The number of ether oxygens (including phenoxy) is 1. The zero-order valence-corrected chi connectivity index (χ0v) is 14.3. The second kappa shape index (κ2) is 8.79. The Hall–Kier alpha value is -2.93. The minimum atomic E-state index is -0.509. The van der Waals surface area contributed by atoms with Crippen molar-refractivity contribution >= 4 is 17.3 Å². The Bertz CT molecular complexity index is 721. The minimum Gasteiger partial charge on any atom is -0.488 e. The van der Waals surface area contributed by atoms with E-state index in [-0.39, 0.29) is 23.3 Å². The molecule has 1 unspecified atom stereocenters. The number of hydrogen-bond donors (Lipinski definition) is 2. The molecule has 2 atom stereocenters. The summed E-state index contributed by atoms with van der Waals surface area (Å²) in [6, 6.07) is 15.2. The number of carbonyl (C=O) groups is 1. The third-order valence-electron chi connectivity index (χ3n) is 4.00. The van der Waals surface area contributed by atoms with Gasteiger partial charge in [0.2, 0.25) is 0 Å². The van der Waals surface area contributed by atoms with Crippen LogP contribution in [0, 0.1) is 10.1 Å². The molecule has 0 aliphatic carbocycles. The van der Waals surface area contributed by atoms with Gasteiger partial charge in [0, 0.05) is 6.07 Å². The fourth-order valence-electron chi connectivity index (χ4n) is 2.27. The molecule has 1 amide bonds. The molecule has 7 heteroatoms. The average Bonchev–Trinajstić information content (AvgIpc) is 2.62. The summed E-state index contributed by atoms with van der Waals surface area (Å²) in [5.74, 6) is 0.513. The number of nitrogens with one attached hydrogen (secondary N) is 2. The lowest BCUT2D eigenvalue weighted by Crippen LogP contribution is -3.14. The van der Waals surface area contributed by atoms with E-state index in [0.29, 0.717) is 13.2 Å². The molecule has 0 heterocycles. The SMILES string of the molecule is C[C@@H](C(=O)Nc1ccccc1[N+](=O)[O-])[NH+](C)CCOc1ccccc1. The number of nitrogens with zero attached hydrogens (tertiary/aromatic N) is 1. The van der Waals surface area contributed by atoms with E-state index in [0.717, 1.165) is 10.6 Å². The monoisotopic (exact) mass is 344 g/mol. The number of anilines is 1. The molecule has 2 rings (SSSR count). The van der Waals surface area contributed by atoms with Crippen LogP contribution in [-0.2, 0) is 4.79 Å². The number of nitro groups is 1. The minimum absolute atomic E-state index is 0.117. The number of carbonyl (C=O) groups excluding carboxylic acids is 1. The highest BCUT2D eigenvalue weighted by Gasteiger charge is 2.24. The third-order valence-corrected chi connectivity index (χ3v) is 4.00. The summed E-state index contributed by atoms with van der Waals surface area (Å²) in [7, 11) is 1.89. The molecule has 0 bridgehead atoms. The number of nitro benzene ring substituents is 1. The van der Waals surface area contributed by atoms with E-state index in [1.54, 1.807) is 19.1 Å². The molecule has 7 nitrogen and oxygen atoms in total. The van der Waals surface area contributed by atoms with E-state index in [1.807, 2.05) is 37.4 Å². The average molecular weight is 344 g/mol. The summed E-state index contributed by atoms with van der Waals surface area (Å²) in [5, 5.41) is 13.7. The van der Waals surface area contributed by atoms with Gasteiger partial charge in [0.05, 0.1) is 12.0 Å². The molecule has 2 N–H and O–H groups in total. The van der Waals surface area contributed by atoms with Gasteiger partial charge in [-0.2, -0.15) is 0 Å². The normalized spacial score (nSPS) is 12.9. The zero-order chi connectivity index (χ0) is 18.2. The van der Waals surface area contributed by atoms with Gasteiger partial charge in [-0.15, -0.1) is 0 Å². The topological polar surface area (TPSA) is 85.9 Å². The molecule has 0 aliphatic heterocycles. The maximum absolute atomic E-state index is 12.4. The molecule has 2 aromatic carbocycles. The summed E-state index contributed by atoms with van der Waals surface area (Å²) in [4.78, 5) is 23.8. The first kappa shape index (κ1) is 18.4. The number of likely N-dealkylation sites (N-methyl/N-ethyl adjacent to an activating group) is 1. The van der Waals surface area contributed by atoms with Gasteiger partial charge in [0.25, 0.3) is 11.6 Å².